The van der Waals surface area contributed by atoms with Crippen LogP contribution in [0.15, 0.2) is 48.6 Å². The molecule has 382 valence electrons. The van der Waals surface area contributed by atoms with E-state index in [4.69, 9.17) is 0 Å². The van der Waals surface area contributed by atoms with Crippen molar-refractivity contribution < 1.29 is 20.1 Å². The number of hydrogen-bond acceptors (Lipinski definition) is 4. The first-order valence-corrected chi connectivity index (χ1v) is 28.9. The minimum Gasteiger partial charge on any atom is -0.394 e. The Morgan fingerprint density at radius 1 is 0.385 bits per heavy atom. The van der Waals surface area contributed by atoms with Crippen LogP contribution in [0.4, 0.5) is 0 Å². The summed E-state index contributed by atoms with van der Waals surface area (Å²) in [5.74, 6) is -0.157. The molecular formula is C60H113NO4. The molecule has 0 radical (unpaired) electrons. The van der Waals surface area contributed by atoms with E-state index in [0.29, 0.717) is 12.8 Å². The van der Waals surface area contributed by atoms with E-state index in [2.05, 4.69) is 67.8 Å². The first kappa shape index (κ1) is 63.3. The van der Waals surface area contributed by atoms with Gasteiger partial charge in [-0.15, -0.1) is 0 Å². The van der Waals surface area contributed by atoms with Gasteiger partial charge in [0.15, 0.2) is 0 Å². The molecule has 0 spiro atoms. The van der Waals surface area contributed by atoms with Gasteiger partial charge in [0.25, 0.3) is 0 Å². The van der Waals surface area contributed by atoms with Gasteiger partial charge >= 0.3 is 0 Å². The monoisotopic (exact) mass is 912 g/mol. The maximum atomic E-state index is 12.5. The molecule has 3 atom stereocenters. The third-order valence-corrected chi connectivity index (χ3v) is 13.4. The maximum absolute atomic E-state index is 12.5. The number of allylic oxidation sites excluding steroid dienone is 8. The number of hydrogen-bond donors (Lipinski definition) is 4. The minimum absolute atomic E-state index is 0.157. The van der Waals surface area contributed by atoms with E-state index in [1.165, 1.54) is 225 Å². The Hall–Kier alpha value is -1.69. The van der Waals surface area contributed by atoms with Crippen LogP contribution in [0.3, 0.4) is 0 Å². The second-order valence-corrected chi connectivity index (χ2v) is 19.8. The van der Waals surface area contributed by atoms with Gasteiger partial charge in [-0.05, 0) is 83.5 Å². The number of unbranched alkanes of at least 4 members (excludes halogenated alkanes) is 37. The Morgan fingerprint density at radius 3 is 1.03 bits per heavy atom. The zero-order valence-corrected chi connectivity index (χ0v) is 43.6. The second-order valence-electron chi connectivity index (χ2n) is 19.8. The SMILES string of the molecule is CCCCCCCCCCC/C=C\C/C=C\CCCCCCCCCCCCCCCC(=O)NC(CO)C(O)C(O)CCC/C=C/CC/C=C/CCCCCCCCCCCCCCC. The summed E-state index contributed by atoms with van der Waals surface area (Å²) in [4.78, 5) is 12.5. The number of aliphatic hydroxyl groups excluding tert-OH is 3. The molecular weight excluding hydrogens is 799 g/mol. The van der Waals surface area contributed by atoms with Crippen LogP contribution < -0.4 is 5.32 Å². The van der Waals surface area contributed by atoms with Gasteiger partial charge in [-0.3, -0.25) is 4.79 Å². The molecule has 5 heteroatoms. The zero-order valence-electron chi connectivity index (χ0n) is 43.6. The summed E-state index contributed by atoms with van der Waals surface area (Å²) in [6.45, 7) is 4.19. The van der Waals surface area contributed by atoms with E-state index in [1.807, 2.05) is 0 Å². The molecule has 0 aliphatic carbocycles. The number of nitrogens with one attached hydrogen (secondary N) is 1. The molecule has 0 bridgehead atoms. The summed E-state index contributed by atoms with van der Waals surface area (Å²) < 4.78 is 0. The summed E-state index contributed by atoms with van der Waals surface area (Å²) in [5.41, 5.74) is 0. The standard InChI is InChI=1S/C60H113NO4/c1-3-5-7-9-11-13-15-17-19-21-23-25-27-28-29-30-31-32-33-35-37-39-41-43-45-47-49-51-53-55-59(64)61-57(56-62)60(65)58(63)54-52-50-48-46-44-42-40-38-36-34-26-24-22-20-18-16-14-12-10-8-6-4-2/h23,25,28-29,38,40,46,48,57-58,60,62-63,65H,3-22,24,26-27,30-37,39,41-45,47,49-56H2,1-2H3,(H,61,64)/b25-23-,29-28-,40-38+,48-46+. The van der Waals surface area contributed by atoms with Gasteiger partial charge in [0.1, 0.15) is 6.10 Å². The fourth-order valence-electron chi connectivity index (χ4n) is 8.92. The number of carbonyl (C=O) groups is 1. The van der Waals surface area contributed by atoms with Crippen LogP contribution >= 0.6 is 0 Å². The summed E-state index contributed by atoms with van der Waals surface area (Å²) >= 11 is 0. The van der Waals surface area contributed by atoms with Crippen molar-refractivity contribution >= 4 is 5.91 Å². The molecule has 0 rings (SSSR count). The lowest BCUT2D eigenvalue weighted by molar-refractivity contribution is -0.124. The molecule has 5 nitrogen and oxygen atoms in total. The molecule has 0 saturated heterocycles. The predicted octanol–water partition coefficient (Wildman–Crippen LogP) is 18.0. The molecule has 65 heavy (non-hydrogen) atoms. The molecule has 0 heterocycles. The summed E-state index contributed by atoms with van der Waals surface area (Å²) in [6, 6.07) is -0.835. The van der Waals surface area contributed by atoms with Gasteiger partial charge < -0.3 is 20.6 Å². The number of aliphatic hydroxyl groups is 3. The topological polar surface area (TPSA) is 89.8 Å². The Kier molecular flexibility index (Phi) is 53.5. The van der Waals surface area contributed by atoms with Gasteiger partial charge in [0, 0.05) is 6.42 Å². The fraction of sp³-hybridized carbons (Fsp3) is 0.850. The first-order chi connectivity index (χ1) is 32.1. The van der Waals surface area contributed by atoms with Crippen molar-refractivity contribution in [2.45, 2.75) is 321 Å². The third-order valence-electron chi connectivity index (χ3n) is 13.4. The Bertz CT molecular complexity index is 1050. The minimum atomic E-state index is -1.17. The highest BCUT2D eigenvalue weighted by molar-refractivity contribution is 5.76. The molecule has 0 aliphatic heterocycles. The van der Waals surface area contributed by atoms with Gasteiger partial charge in [0.2, 0.25) is 5.91 Å². The average molecular weight is 913 g/mol. The number of amides is 1. The Morgan fingerprint density at radius 2 is 0.677 bits per heavy atom. The highest BCUT2D eigenvalue weighted by Crippen LogP contribution is 2.17. The molecule has 4 N–H and O–H groups in total. The lowest BCUT2D eigenvalue weighted by atomic mass is 10.0. The van der Waals surface area contributed by atoms with Crippen molar-refractivity contribution in [3.8, 4) is 0 Å². The second kappa shape index (κ2) is 54.9. The van der Waals surface area contributed by atoms with E-state index < -0.39 is 18.2 Å². The quantitative estimate of drug-likeness (QED) is 0.0361. The van der Waals surface area contributed by atoms with Crippen LogP contribution in [0.5, 0.6) is 0 Å². The Balaban J connectivity index is 3.59. The summed E-state index contributed by atoms with van der Waals surface area (Å²) in [5, 5.41) is 33.7. The molecule has 0 aliphatic rings. The molecule has 3 unspecified atom stereocenters. The number of rotatable bonds is 53. The van der Waals surface area contributed by atoms with Crippen LogP contribution in [0.25, 0.3) is 0 Å². The molecule has 1 amide bonds. The molecule has 0 aromatic heterocycles. The van der Waals surface area contributed by atoms with E-state index in [9.17, 15) is 20.1 Å². The van der Waals surface area contributed by atoms with Crippen molar-refractivity contribution in [3.63, 3.8) is 0 Å². The highest BCUT2D eigenvalue weighted by atomic mass is 16.3. The summed E-state index contributed by atoms with van der Waals surface area (Å²) in [7, 11) is 0. The fourth-order valence-corrected chi connectivity index (χ4v) is 8.92. The molecule has 0 aromatic rings. The van der Waals surface area contributed by atoms with Crippen LogP contribution in [-0.2, 0) is 4.79 Å². The number of carbonyl (C=O) groups excluding carboxylic acids is 1. The van der Waals surface area contributed by atoms with Crippen LogP contribution in [-0.4, -0.2) is 46.1 Å². The molecule has 0 aromatic carbocycles. The van der Waals surface area contributed by atoms with Crippen molar-refractivity contribution in [2.75, 3.05) is 6.61 Å². The van der Waals surface area contributed by atoms with Crippen LogP contribution in [0, 0.1) is 0 Å². The van der Waals surface area contributed by atoms with Crippen molar-refractivity contribution in [1.29, 1.82) is 0 Å². The summed E-state index contributed by atoms with van der Waals surface area (Å²) in [6.07, 6.45) is 72.7. The van der Waals surface area contributed by atoms with Gasteiger partial charge in [-0.25, -0.2) is 0 Å². The van der Waals surface area contributed by atoms with Gasteiger partial charge in [-0.2, -0.15) is 0 Å². The average Bonchev–Trinajstić information content (AvgIpc) is 3.31. The molecule has 0 fully saturated rings. The van der Waals surface area contributed by atoms with E-state index >= 15 is 0 Å². The van der Waals surface area contributed by atoms with Crippen molar-refractivity contribution in [2.24, 2.45) is 0 Å². The van der Waals surface area contributed by atoms with E-state index in [1.54, 1.807) is 0 Å². The maximum Gasteiger partial charge on any atom is 0.220 e. The molecule has 0 saturated carbocycles. The van der Waals surface area contributed by atoms with Crippen LogP contribution in [0.1, 0.15) is 303 Å². The Labute approximate surface area is 406 Å². The lowest BCUT2D eigenvalue weighted by Crippen LogP contribution is -2.50. The lowest BCUT2D eigenvalue weighted by Gasteiger charge is -2.26. The third kappa shape index (κ3) is 50.0. The predicted molar refractivity (Wildman–Crippen MR) is 287 cm³/mol. The van der Waals surface area contributed by atoms with Gasteiger partial charge in [-0.1, -0.05) is 262 Å². The smallest absolute Gasteiger partial charge is 0.220 e. The largest absolute Gasteiger partial charge is 0.394 e. The van der Waals surface area contributed by atoms with Crippen molar-refractivity contribution in [1.82, 2.24) is 5.32 Å². The van der Waals surface area contributed by atoms with E-state index in [-0.39, 0.29) is 12.5 Å². The highest BCUT2D eigenvalue weighted by Gasteiger charge is 2.26. The first-order valence-electron chi connectivity index (χ1n) is 28.9. The zero-order chi connectivity index (χ0) is 47.2. The van der Waals surface area contributed by atoms with Crippen molar-refractivity contribution in [3.05, 3.63) is 48.6 Å². The van der Waals surface area contributed by atoms with E-state index in [0.717, 1.165) is 51.4 Å². The van der Waals surface area contributed by atoms with Crippen LogP contribution in [0.2, 0.25) is 0 Å². The van der Waals surface area contributed by atoms with Gasteiger partial charge in [0.05, 0.1) is 18.8 Å². The normalized spacial score (nSPS) is 13.6.